The van der Waals surface area contributed by atoms with Crippen molar-refractivity contribution in [2.75, 3.05) is 0 Å². The van der Waals surface area contributed by atoms with Crippen molar-refractivity contribution in [1.29, 1.82) is 0 Å². The fourth-order valence-corrected chi connectivity index (χ4v) is 1.75. The van der Waals surface area contributed by atoms with Crippen LogP contribution in [0.2, 0.25) is 10.0 Å². The number of amides is 1. The Hall–Kier alpha value is -1.46. The molecule has 0 bridgehead atoms. The molecular weight excluding hydrogens is 269 g/mol. The highest BCUT2D eigenvalue weighted by Gasteiger charge is 2.22. The van der Waals surface area contributed by atoms with Crippen LogP contribution in [0.25, 0.3) is 0 Å². The summed E-state index contributed by atoms with van der Waals surface area (Å²) in [6, 6.07) is 1.21. The van der Waals surface area contributed by atoms with Crippen molar-refractivity contribution >= 4 is 35.1 Å². The zero-order valence-corrected chi connectivity index (χ0v) is 10.2. The summed E-state index contributed by atoms with van der Waals surface area (Å²) in [5.74, 6) is -2.08. The Bertz CT molecular complexity index is 452. The number of halogens is 2. The number of hydrogen-bond donors (Lipinski definition) is 3. The average molecular weight is 278 g/mol. The fraction of sp³-hybridized carbons (Fsp3) is 0.200. The standard InChI is InChI=1S/C10H9Cl2NO4/c1-4(14)13-8(10(16)17)5-2-6(11)9(15)7(12)3-5/h2-3,8,15H,1H3,(H,13,14)(H,16,17)/t8-/m1/s1. The maximum absolute atomic E-state index is 11.0. The molecule has 1 aromatic rings. The van der Waals surface area contributed by atoms with Crippen molar-refractivity contribution in [2.24, 2.45) is 0 Å². The Labute approximate surface area is 107 Å². The molecule has 7 heteroatoms. The quantitative estimate of drug-likeness (QED) is 0.788. The van der Waals surface area contributed by atoms with E-state index in [4.69, 9.17) is 28.3 Å². The molecule has 3 N–H and O–H groups in total. The first kappa shape index (κ1) is 13.6. The lowest BCUT2D eigenvalue weighted by Crippen LogP contribution is -2.31. The summed E-state index contributed by atoms with van der Waals surface area (Å²) >= 11 is 11.3. The Morgan fingerprint density at radius 2 is 1.76 bits per heavy atom. The number of hydrogen-bond acceptors (Lipinski definition) is 3. The average Bonchev–Trinajstić information content (AvgIpc) is 2.21. The topological polar surface area (TPSA) is 86.6 Å². The lowest BCUT2D eigenvalue weighted by Gasteiger charge is -2.14. The summed E-state index contributed by atoms with van der Waals surface area (Å²) in [7, 11) is 0. The Morgan fingerprint density at radius 1 is 1.29 bits per heavy atom. The number of carboxylic acid groups (broad SMARTS) is 1. The number of carbonyl (C=O) groups is 2. The summed E-state index contributed by atoms with van der Waals surface area (Å²) in [5, 5.41) is 20.4. The molecule has 0 aliphatic carbocycles. The molecule has 5 nitrogen and oxygen atoms in total. The zero-order chi connectivity index (χ0) is 13.2. The van der Waals surface area contributed by atoms with Gasteiger partial charge in [-0.15, -0.1) is 0 Å². The van der Waals surface area contributed by atoms with Crippen molar-refractivity contribution in [1.82, 2.24) is 5.32 Å². The number of aromatic hydroxyl groups is 1. The summed E-state index contributed by atoms with van der Waals surface area (Å²) in [6.07, 6.45) is 0. The van der Waals surface area contributed by atoms with Crippen LogP contribution in [-0.2, 0) is 9.59 Å². The minimum absolute atomic E-state index is 0.0795. The van der Waals surface area contributed by atoms with Gasteiger partial charge in [-0.3, -0.25) is 4.79 Å². The van der Waals surface area contributed by atoms with Crippen LogP contribution in [-0.4, -0.2) is 22.1 Å². The number of carbonyl (C=O) groups excluding carboxylic acids is 1. The van der Waals surface area contributed by atoms with E-state index in [-0.39, 0.29) is 21.4 Å². The Morgan fingerprint density at radius 3 is 2.12 bits per heavy atom. The highest BCUT2D eigenvalue weighted by atomic mass is 35.5. The van der Waals surface area contributed by atoms with Gasteiger partial charge in [-0.05, 0) is 17.7 Å². The van der Waals surface area contributed by atoms with Crippen molar-refractivity contribution < 1.29 is 19.8 Å². The maximum atomic E-state index is 11.0. The molecule has 0 saturated carbocycles. The molecule has 1 rings (SSSR count). The van der Waals surface area contributed by atoms with Gasteiger partial charge in [-0.2, -0.15) is 0 Å². The monoisotopic (exact) mass is 277 g/mol. The molecule has 1 atom stereocenters. The van der Waals surface area contributed by atoms with Crippen LogP contribution in [0.15, 0.2) is 12.1 Å². The molecule has 92 valence electrons. The molecule has 1 aromatic carbocycles. The van der Waals surface area contributed by atoms with Gasteiger partial charge in [0.1, 0.15) is 0 Å². The van der Waals surface area contributed by atoms with Gasteiger partial charge in [0.05, 0.1) is 10.0 Å². The predicted octanol–water partition coefficient (Wildman–Crippen LogP) is 1.96. The first-order chi connectivity index (χ1) is 7.82. The second-order valence-corrected chi connectivity index (χ2v) is 4.12. The minimum atomic E-state index is -1.26. The molecule has 0 aromatic heterocycles. The third kappa shape index (κ3) is 3.25. The Kier molecular flexibility index (Phi) is 4.20. The second kappa shape index (κ2) is 5.25. The van der Waals surface area contributed by atoms with Gasteiger partial charge >= 0.3 is 5.97 Å². The lowest BCUT2D eigenvalue weighted by molar-refractivity contribution is -0.141. The van der Waals surface area contributed by atoms with Gasteiger partial charge in [0.25, 0.3) is 0 Å². The summed E-state index contributed by atoms with van der Waals surface area (Å²) in [6.45, 7) is 1.19. The molecule has 1 amide bonds. The van der Waals surface area contributed by atoms with Gasteiger partial charge in [0.2, 0.25) is 5.91 Å². The maximum Gasteiger partial charge on any atom is 0.330 e. The van der Waals surface area contributed by atoms with Crippen LogP contribution >= 0.6 is 23.2 Å². The predicted molar refractivity (Wildman–Crippen MR) is 62.3 cm³/mol. The molecule has 0 heterocycles. The van der Waals surface area contributed by atoms with E-state index in [1.807, 2.05) is 0 Å². The molecule has 0 unspecified atom stereocenters. The van der Waals surface area contributed by atoms with E-state index in [9.17, 15) is 14.7 Å². The van der Waals surface area contributed by atoms with Crippen LogP contribution in [0.1, 0.15) is 18.5 Å². The van der Waals surface area contributed by atoms with Gasteiger partial charge in [-0.25, -0.2) is 4.79 Å². The molecule has 0 spiro atoms. The summed E-state index contributed by atoms with van der Waals surface area (Å²) in [4.78, 5) is 21.9. The van der Waals surface area contributed by atoms with Crippen LogP contribution in [0.3, 0.4) is 0 Å². The highest BCUT2D eigenvalue weighted by molar-refractivity contribution is 6.37. The van der Waals surface area contributed by atoms with Crippen LogP contribution < -0.4 is 5.32 Å². The van der Waals surface area contributed by atoms with Gasteiger partial charge in [0.15, 0.2) is 11.8 Å². The molecule has 0 fully saturated rings. The van der Waals surface area contributed by atoms with E-state index >= 15 is 0 Å². The van der Waals surface area contributed by atoms with Crippen molar-refractivity contribution in [2.45, 2.75) is 13.0 Å². The number of carboxylic acids is 1. The molecular formula is C10H9Cl2NO4. The number of phenols is 1. The minimum Gasteiger partial charge on any atom is -0.505 e. The van der Waals surface area contributed by atoms with E-state index in [0.717, 1.165) is 0 Å². The molecule has 0 saturated heterocycles. The molecule has 0 aliphatic heterocycles. The number of phenolic OH excluding ortho intramolecular Hbond substituents is 1. The van der Waals surface area contributed by atoms with E-state index in [1.54, 1.807) is 0 Å². The number of benzene rings is 1. The van der Waals surface area contributed by atoms with Gasteiger partial charge in [0, 0.05) is 6.92 Å². The van der Waals surface area contributed by atoms with Crippen molar-refractivity contribution in [3.8, 4) is 5.75 Å². The third-order valence-electron chi connectivity index (χ3n) is 1.97. The first-order valence-electron chi connectivity index (χ1n) is 4.50. The van der Waals surface area contributed by atoms with Crippen molar-refractivity contribution in [3.63, 3.8) is 0 Å². The normalized spacial score (nSPS) is 11.9. The molecule has 0 radical (unpaired) electrons. The van der Waals surface area contributed by atoms with Gasteiger partial charge in [-0.1, -0.05) is 23.2 Å². The fourth-order valence-electron chi connectivity index (χ4n) is 1.24. The second-order valence-electron chi connectivity index (χ2n) is 3.30. The van der Waals surface area contributed by atoms with E-state index in [0.29, 0.717) is 0 Å². The summed E-state index contributed by atoms with van der Waals surface area (Å²) in [5.41, 5.74) is 0.181. The number of nitrogens with one attached hydrogen (secondary N) is 1. The van der Waals surface area contributed by atoms with E-state index in [2.05, 4.69) is 5.32 Å². The summed E-state index contributed by atoms with van der Waals surface area (Å²) < 4.78 is 0. The van der Waals surface area contributed by atoms with Crippen molar-refractivity contribution in [3.05, 3.63) is 27.7 Å². The lowest BCUT2D eigenvalue weighted by atomic mass is 10.1. The number of rotatable bonds is 3. The third-order valence-corrected chi connectivity index (χ3v) is 2.54. The SMILES string of the molecule is CC(=O)N[C@@H](C(=O)O)c1cc(Cl)c(O)c(Cl)c1. The highest BCUT2D eigenvalue weighted by Crippen LogP contribution is 2.34. The molecule has 0 aliphatic rings. The molecule has 17 heavy (non-hydrogen) atoms. The van der Waals surface area contributed by atoms with Crippen LogP contribution in [0.5, 0.6) is 5.75 Å². The zero-order valence-electron chi connectivity index (χ0n) is 8.70. The van der Waals surface area contributed by atoms with Crippen LogP contribution in [0, 0.1) is 0 Å². The van der Waals surface area contributed by atoms with Crippen LogP contribution in [0.4, 0.5) is 0 Å². The van der Waals surface area contributed by atoms with E-state index < -0.39 is 17.9 Å². The smallest absolute Gasteiger partial charge is 0.330 e. The first-order valence-corrected chi connectivity index (χ1v) is 5.26. The van der Waals surface area contributed by atoms with E-state index in [1.165, 1.54) is 19.1 Å². The number of aliphatic carboxylic acids is 1. The van der Waals surface area contributed by atoms with Gasteiger partial charge < -0.3 is 15.5 Å². The largest absolute Gasteiger partial charge is 0.505 e. The Balaban J connectivity index is 3.19.